The van der Waals surface area contributed by atoms with Crippen LogP contribution in [0.2, 0.25) is 0 Å². The number of nitrogens with two attached hydrogens (primary N) is 1. The van der Waals surface area contributed by atoms with Gasteiger partial charge in [-0.2, -0.15) is 0 Å². The summed E-state index contributed by atoms with van der Waals surface area (Å²) in [6.07, 6.45) is 5.20. The molecular formula is C13H23N3O2. The minimum atomic E-state index is -0.227. The van der Waals surface area contributed by atoms with Crippen LogP contribution in [-0.4, -0.2) is 42.4 Å². The van der Waals surface area contributed by atoms with Crippen LogP contribution in [0.25, 0.3) is 0 Å². The molecule has 18 heavy (non-hydrogen) atoms. The molecule has 2 amide bonds. The summed E-state index contributed by atoms with van der Waals surface area (Å²) in [4.78, 5) is 24.9. The molecular weight excluding hydrogens is 230 g/mol. The van der Waals surface area contributed by atoms with Gasteiger partial charge in [-0.1, -0.05) is 0 Å². The van der Waals surface area contributed by atoms with E-state index >= 15 is 0 Å². The number of carbonyl (C=O) groups is 2. The van der Waals surface area contributed by atoms with Crippen molar-refractivity contribution in [2.24, 2.45) is 11.7 Å². The predicted molar refractivity (Wildman–Crippen MR) is 68.8 cm³/mol. The van der Waals surface area contributed by atoms with E-state index in [1.54, 1.807) is 0 Å². The summed E-state index contributed by atoms with van der Waals surface area (Å²) in [7, 11) is 0. The SMILES string of the molecule is NC(=O)CC1CCN(C(=O)CC2CCCN2)CC1. The van der Waals surface area contributed by atoms with Crippen LogP contribution in [0.5, 0.6) is 0 Å². The summed E-state index contributed by atoms with van der Waals surface area (Å²) in [5.74, 6) is 0.401. The summed E-state index contributed by atoms with van der Waals surface area (Å²) in [5.41, 5.74) is 5.20. The van der Waals surface area contributed by atoms with Gasteiger partial charge in [0.1, 0.15) is 0 Å². The monoisotopic (exact) mass is 253 g/mol. The summed E-state index contributed by atoms with van der Waals surface area (Å²) in [6.45, 7) is 2.60. The van der Waals surface area contributed by atoms with E-state index in [9.17, 15) is 9.59 Å². The molecule has 0 radical (unpaired) electrons. The lowest BCUT2D eigenvalue weighted by molar-refractivity contribution is -0.133. The molecule has 2 rings (SSSR count). The molecule has 0 saturated carbocycles. The molecule has 102 valence electrons. The Hall–Kier alpha value is -1.10. The molecule has 2 fully saturated rings. The van der Waals surface area contributed by atoms with Gasteiger partial charge in [-0.3, -0.25) is 9.59 Å². The quantitative estimate of drug-likeness (QED) is 0.753. The molecule has 2 saturated heterocycles. The Morgan fingerprint density at radius 1 is 1.17 bits per heavy atom. The van der Waals surface area contributed by atoms with Crippen LogP contribution in [0.1, 0.15) is 38.5 Å². The zero-order valence-electron chi connectivity index (χ0n) is 10.9. The molecule has 0 aromatic rings. The van der Waals surface area contributed by atoms with Crippen molar-refractivity contribution in [1.29, 1.82) is 0 Å². The third kappa shape index (κ3) is 3.70. The van der Waals surface area contributed by atoms with Crippen LogP contribution in [0.4, 0.5) is 0 Å². The fourth-order valence-corrected chi connectivity index (χ4v) is 2.94. The minimum Gasteiger partial charge on any atom is -0.370 e. The van der Waals surface area contributed by atoms with Gasteiger partial charge in [0.15, 0.2) is 0 Å². The molecule has 2 heterocycles. The lowest BCUT2D eigenvalue weighted by Gasteiger charge is -2.32. The molecule has 2 aliphatic heterocycles. The van der Waals surface area contributed by atoms with E-state index in [1.807, 2.05) is 4.90 Å². The maximum absolute atomic E-state index is 12.1. The van der Waals surface area contributed by atoms with E-state index in [0.29, 0.717) is 24.8 Å². The Labute approximate surface area is 108 Å². The fraction of sp³-hybridized carbons (Fsp3) is 0.846. The zero-order chi connectivity index (χ0) is 13.0. The number of likely N-dealkylation sites (tertiary alicyclic amines) is 1. The van der Waals surface area contributed by atoms with Gasteiger partial charge in [0.05, 0.1) is 0 Å². The number of hydrogen-bond donors (Lipinski definition) is 2. The number of primary amides is 1. The van der Waals surface area contributed by atoms with E-state index in [1.165, 1.54) is 6.42 Å². The lowest BCUT2D eigenvalue weighted by Crippen LogP contribution is -2.41. The van der Waals surface area contributed by atoms with Gasteiger partial charge in [-0.15, -0.1) is 0 Å². The highest BCUT2D eigenvalue weighted by atomic mass is 16.2. The van der Waals surface area contributed by atoms with E-state index in [0.717, 1.165) is 38.9 Å². The highest BCUT2D eigenvalue weighted by Gasteiger charge is 2.26. The van der Waals surface area contributed by atoms with Crippen molar-refractivity contribution in [3.63, 3.8) is 0 Å². The second kappa shape index (κ2) is 6.18. The smallest absolute Gasteiger partial charge is 0.224 e. The first-order chi connectivity index (χ1) is 8.65. The molecule has 3 N–H and O–H groups in total. The Balaban J connectivity index is 1.71. The van der Waals surface area contributed by atoms with Gasteiger partial charge in [0.25, 0.3) is 0 Å². The minimum absolute atomic E-state index is 0.227. The van der Waals surface area contributed by atoms with Crippen LogP contribution in [0.3, 0.4) is 0 Å². The zero-order valence-corrected chi connectivity index (χ0v) is 10.9. The largest absolute Gasteiger partial charge is 0.370 e. The standard InChI is InChI=1S/C13H23N3O2/c14-12(17)8-10-3-6-16(7-4-10)13(18)9-11-2-1-5-15-11/h10-11,15H,1-9H2,(H2,14,17). The maximum atomic E-state index is 12.1. The Morgan fingerprint density at radius 2 is 1.89 bits per heavy atom. The number of carbonyl (C=O) groups excluding carboxylic acids is 2. The topological polar surface area (TPSA) is 75.4 Å². The highest BCUT2D eigenvalue weighted by molar-refractivity contribution is 5.77. The molecule has 5 heteroatoms. The van der Waals surface area contributed by atoms with Gasteiger partial charge >= 0.3 is 0 Å². The van der Waals surface area contributed by atoms with Crippen LogP contribution in [-0.2, 0) is 9.59 Å². The first-order valence-corrected chi connectivity index (χ1v) is 6.94. The third-order valence-corrected chi connectivity index (χ3v) is 4.04. The van der Waals surface area contributed by atoms with Gasteiger partial charge < -0.3 is 16.0 Å². The van der Waals surface area contributed by atoms with Crippen LogP contribution in [0.15, 0.2) is 0 Å². The molecule has 1 unspecified atom stereocenters. The summed E-state index contributed by atoms with van der Waals surface area (Å²) < 4.78 is 0. The van der Waals surface area contributed by atoms with Crippen LogP contribution >= 0.6 is 0 Å². The van der Waals surface area contributed by atoms with Crippen LogP contribution < -0.4 is 11.1 Å². The van der Waals surface area contributed by atoms with E-state index < -0.39 is 0 Å². The van der Waals surface area contributed by atoms with E-state index in [-0.39, 0.29) is 11.8 Å². The molecule has 2 aliphatic rings. The molecule has 0 aromatic carbocycles. The van der Waals surface area contributed by atoms with E-state index in [4.69, 9.17) is 5.73 Å². The van der Waals surface area contributed by atoms with Gasteiger partial charge in [0, 0.05) is 32.0 Å². The molecule has 0 bridgehead atoms. The average Bonchev–Trinajstić information content (AvgIpc) is 2.82. The lowest BCUT2D eigenvalue weighted by atomic mass is 9.93. The van der Waals surface area contributed by atoms with Crippen molar-refractivity contribution < 1.29 is 9.59 Å². The highest BCUT2D eigenvalue weighted by Crippen LogP contribution is 2.21. The number of amides is 2. The number of nitrogens with one attached hydrogen (secondary N) is 1. The second-order valence-corrected chi connectivity index (χ2v) is 5.49. The normalized spacial score (nSPS) is 25.3. The van der Waals surface area contributed by atoms with Gasteiger partial charge in [0.2, 0.25) is 11.8 Å². The first-order valence-electron chi connectivity index (χ1n) is 6.94. The van der Waals surface area contributed by atoms with Crippen molar-refractivity contribution in [2.75, 3.05) is 19.6 Å². The summed E-state index contributed by atoms with van der Waals surface area (Å²) in [5, 5.41) is 3.35. The molecule has 1 atom stereocenters. The predicted octanol–water partition coefficient (Wildman–Crippen LogP) is 0.242. The maximum Gasteiger partial charge on any atom is 0.224 e. The Bertz CT molecular complexity index is 305. The fourth-order valence-electron chi connectivity index (χ4n) is 2.94. The number of rotatable bonds is 4. The van der Waals surface area contributed by atoms with Crippen molar-refractivity contribution in [3.8, 4) is 0 Å². The van der Waals surface area contributed by atoms with Crippen molar-refractivity contribution >= 4 is 11.8 Å². The number of piperidine rings is 1. The number of hydrogen-bond acceptors (Lipinski definition) is 3. The van der Waals surface area contributed by atoms with Crippen LogP contribution in [0, 0.1) is 5.92 Å². The second-order valence-electron chi connectivity index (χ2n) is 5.49. The van der Waals surface area contributed by atoms with Crippen molar-refractivity contribution in [2.45, 2.75) is 44.6 Å². The van der Waals surface area contributed by atoms with Crippen molar-refractivity contribution in [1.82, 2.24) is 10.2 Å². The third-order valence-electron chi connectivity index (χ3n) is 4.04. The van der Waals surface area contributed by atoms with Gasteiger partial charge in [-0.25, -0.2) is 0 Å². The molecule has 0 spiro atoms. The summed E-state index contributed by atoms with van der Waals surface area (Å²) in [6, 6.07) is 0.376. The Kier molecular flexibility index (Phi) is 4.58. The van der Waals surface area contributed by atoms with Crippen molar-refractivity contribution in [3.05, 3.63) is 0 Å². The Morgan fingerprint density at radius 3 is 2.44 bits per heavy atom. The average molecular weight is 253 g/mol. The molecule has 0 aliphatic carbocycles. The number of nitrogens with zero attached hydrogens (tertiary/aromatic N) is 1. The molecule has 5 nitrogen and oxygen atoms in total. The summed E-state index contributed by atoms with van der Waals surface area (Å²) >= 11 is 0. The van der Waals surface area contributed by atoms with E-state index in [2.05, 4.69) is 5.32 Å². The molecule has 0 aromatic heterocycles. The first kappa shape index (κ1) is 13.3. The van der Waals surface area contributed by atoms with Gasteiger partial charge in [-0.05, 0) is 38.1 Å².